The standard InChI is InChI=1S/C14H22N2O3S/c1-10-7-6-8-13(11(10)2)12(3)15-14(17)9-16(4)20(5,18)19/h6-8,12H,9H2,1-5H3,(H,15,17)/t12-/m1/s1. The summed E-state index contributed by atoms with van der Waals surface area (Å²) < 4.78 is 23.6. The van der Waals surface area contributed by atoms with Crippen LogP contribution >= 0.6 is 0 Å². The second-order valence-corrected chi connectivity index (χ2v) is 7.19. The molecule has 0 bridgehead atoms. The highest BCUT2D eigenvalue weighted by Gasteiger charge is 2.17. The van der Waals surface area contributed by atoms with Gasteiger partial charge < -0.3 is 5.32 Å². The summed E-state index contributed by atoms with van der Waals surface area (Å²) in [6.07, 6.45) is 1.08. The molecule has 0 saturated carbocycles. The molecule has 1 aromatic carbocycles. The van der Waals surface area contributed by atoms with E-state index in [0.717, 1.165) is 27.3 Å². The van der Waals surface area contributed by atoms with Crippen LogP contribution in [0.15, 0.2) is 18.2 Å². The largest absolute Gasteiger partial charge is 0.348 e. The minimum absolute atomic E-state index is 0.157. The number of hydrogen-bond acceptors (Lipinski definition) is 3. The van der Waals surface area contributed by atoms with Gasteiger partial charge in [0.15, 0.2) is 0 Å². The molecule has 1 atom stereocenters. The quantitative estimate of drug-likeness (QED) is 0.893. The van der Waals surface area contributed by atoms with Crippen molar-refractivity contribution >= 4 is 15.9 Å². The van der Waals surface area contributed by atoms with Crippen molar-refractivity contribution in [3.8, 4) is 0 Å². The Balaban J connectivity index is 2.74. The summed E-state index contributed by atoms with van der Waals surface area (Å²) in [4.78, 5) is 11.9. The average Bonchev–Trinajstić information content (AvgIpc) is 2.31. The molecular formula is C14H22N2O3S. The molecule has 0 aromatic heterocycles. The summed E-state index contributed by atoms with van der Waals surface area (Å²) in [5, 5.41) is 2.82. The maximum absolute atomic E-state index is 11.9. The van der Waals surface area contributed by atoms with Gasteiger partial charge in [-0.15, -0.1) is 0 Å². The molecule has 1 N–H and O–H groups in total. The Morgan fingerprint density at radius 2 is 1.95 bits per heavy atom. The maximum Gasteiger partial charge on any atom is 0.235 e. The van der Waals surface area contributed by atoms with Gasteiger partial charge in [-0.05, 0) is 37.5 Å². The molecule has 1 rings (SSSR count). The van der Waals surface area contributed by atoms with Gasteiger partial charge in [-0.25, -0.2) is 8.42 Å². The van der Waals surface area contributed by atoms with Gasteiger partial charge >= 0.3 is 0 Å². The molecule has 0 radical (unpaired) electrons. The second-order valence-electron chi connectivity index (χ2n) is 5.10. The van der Waals surface area contributed by atoms with Crippen LogP contribution in [0.5, 0.6) is 0 Å². The summed E-state index contributed by atoms with van der Waals surface area (Å²) in [6, 6.07) is 5.77. The number of aryl methyl sites for hydroxylation is 1. The molecule has 0 heterocycles. The van der Waals surface area contributed by atoms with Crippen molar-refractivity contribution in [3.05, 3.63) is 34.9 Å². The van der Waals surface area contributed by atoms with Crippen molar-refractivity contribution in [2.24, 2.45) is 0 Å². The smallest absolute Gasteiger partial charge is 0.235 e. The molecule has 5 nitrogen and oxygen atoms in total. The van der Waals surface area contributed by atoms with Gasteiger partial charge in [-0.2, -0.15) is 4.31 Å². The Morgan fingerprint density at radius 3 is 2.50 bits per heavy atom. The normalized spacial score (nSPS) is 13.3. The van der Waals surface area contributed by atoms with E-state index in [1.807, 2.05) is 39.0 Å². The molecule has 0 spiro atoms. The number of sulfonamides is 1. The number of likely N-dealkylation sites (N-methyl/N-ethyl adjacent to an activating group) is 1. The second kappa shape index (κ2) is 6.37. The SMILES string of the molecule is Cc1cccc([C@@H](C)NC(=O)CN(C)S(C)(=O)=O)c1C. The van der Waals surface area contributed by atoms with Gasteiger partial charge in [0.2, 0.25) is 15.9 Å². The van der Waals surface area contributed by atoms with E-state index in [2.05, 4.69) is 5.32 Å². The molecule has 0 aliphatic carbocycles. The van der Waals surface area contributed by atoms with Gasteiger partial charge in [0.05, 0.1) is 18.8 Å². The van der Waals surface area contributed by atoms with Crippen LogP contribution in [0.2, 0.25) is 0 Å². The predicted octanol–water partition coefficient (Wildman–Crippen LogP) is 1.37. The summed E-state index contributed by atoms with van der Waals surface area (Å²) in [5.74, 6) is -0.314. The van der Waals surface area contributed by atoms with Gasteiger partial charge in [0.25, 0.3) is 0 Å². The van der Waals surface area contributed by atoms with Crippen LogP contribution < -0.4 is 5.32 Å². The number of hydrogen-bond donors (Lipinski definition) is 1. The molecule has 1 aromatic rings. The number of rotatable bonds is 5. The fourth-order valence-electron chi connectivity index (χ4n) is 1.93. The predicted molar refractivity (Wildman–Crippen MR) is 79.9 cm³/mol. The zero-order chi connectivity index (χ0) is 15.5. The summed E-state index contributed by atoms with van der Waals surface area (Å²) in [6.45, 7) is 5.74. The summed E-state index contributed by atoms with van der Waals surface area (Å²) in [7, 11) is -1.95. The lowest BCUT2D eigenvalue weighted by Gasteiger charge is -2.20. The maximum atomic E-state index is 11.9. The van der Waals surface area contributed by atoms with E-state index in [0.29, 0.717) is 0 Å². The number of carbonyl (C=O) groups is 1. The number of amides is 1. The van der Waals surface area contributed by atoms with Crippen molar-refractivity contribution in [2.75, 3.05) is 19.8 Å². The number of nitrogens with zero attached hydrogens (tertiary/aromatic N) is 1. The molecule has 0 fully saturated rings. The van der Waals surface area contributed by atoms with Crippen LogP contribution in [0, 0.1) is 13.8 Å². The molecule has 1 amide bonds. The minimum Gasteiger partial charge on any atom is -0.348 e. The highest BCUT2D eigenvalue weighted by atomic mass is 32.2. The van der Waals surface area contributed by atoms with E-state index in [1.165, 1.54) is 7.05 Å². The molecule has 0 saturated heterocycles. The lowest BCUT2D eigenvalue weighted by Crippen LogP contribution is -2.38. The average molecular weight is 298 g/mol. The van der Waals surface area contributed by atoms with Crippen molar-refractivity contribution in [3.63, 3.8) is 0 Å². The Hall–Kier alpha value is -1.40. The first-order valence-electron chi connectivity index (χ1n) is 6.39. The molecular weight excluding hydrogens is 276 g/mol. The lowest BCUT2D eigenvalue weighted by atomic mass is 9.98. The molecule has 0 aliphatic heterocycles. The van der Waals surface area contributed by atoms with E-state index in [1.54, 1.807) is 0 Å². The van der Waals surface area contributed by atoms with Gasteiger partial charge in [0, 0.05) is 7.05 Å². The van der Waals surface area contributed by atoms with Crippen LogP contribution in [-0.2, 0) is 14.8 Å². The van der Waals surface area contributed by atoms with Crippen LogP contribution in [0.3, 0.4) is 0 Å². The topological polar surface area (TPSA) is 66.5 Å². The van der Waals surface area contributed by atoms with Gasteiger partial charge in [-0.1, -0.05) is 18.2 Å². The number of benzene rings is 1. The number of carbonyl (C=O) groups excluding carboxylic acids is 1. The summed E-state index contributed by atoms with van der Waals surface area (Å²) >= 11 is 0. The molecule has 6 heteroatoms. The van der Waals surface area contributed by atoms with E-state index in [4.69, 9.17) is 0 Å². The highest BCUT2D eigenvalue weighted by molar-refractivity contribution is 7.88. The van der Waals surface area contributed by atoms with Gasteiger partial charge in [-0.3, -0.25) is 4.79 Å². The molecule has 0 aliphatic rings. The van der Waals surface area contributed by atoms with Crippen LogP contribution in [-0.4, -0.2) is 38.5 Å². The third-order valence-electron chi connectivity index (χ3n) is 3.42. The lowest BCUT2D eigenvalue weighted by molar-refractivity contribution is -0.121. The number of nitrogens with one attached hydrogen (secondary N) is 1. The third-order valence-corrected chi connectivity index (χ3v) is 4.68. The van der Waals surface area contributed by atoms with Crippen molar-refractivity contribution < 1.29 is 13.2 Å². The molecule has 20 heavy (non-hydrogen) atoms. The van der Waals surface area contributed by atoms with Crippen LogP contribution in [0.4, 0.5) is 0 Å². The first-order chi connectivity index (χ1) is 9.12. The van der Waals surface area contributed by atoms with E-state index < -0.39 is 10.0 Å². The van der Waals surface area contributed by atoms with Crippen molar-refractivity contribution in [1.82, 2.24) is 9.62 Å². The summed E-state index contributed by atoms with van der Waals surface area (Å²) in [5.41, 5.74) is 3.34. The zero-order valence-electron chi connectivity index (χ0n) is 12.6. The Bertz CT molecular complexity index is 596. The zero-order valence-corrected chi connectivity index (χ0v) is 13.4. The van der Waals surface area contributed by atoms with E-state index >= 15 is 0 Å². The highest BCUT2D eigenvalue weighted by Crippen LogP contribution is 2.19. The fourth-order valence-corrected chi connectivity index (χ4v) is 2.28. The van der Waals surface area contributed by atoms with Crippen LogP contribution in [0.25, 0.3) is 0 Å². The minimum atomic E-state index is -3.34. The molecule has 0 unspecified atom stereocenters. The Kier molecular flexibility index (Phi) is 5.30. The van der Waals surface area contributed by atoms with E-state index in [9.17, 15) is 13.2 Å². The third kappa shape index (κ3) is 4.31. The fraction of sp³-hybridized carbons (Fsp3) is 0.500. The molecule has 112 valence electrons. The monoisotopic (exact) mass is 298 g/mol. The van der Waals surface area contributed by atoms with E-state index in [-0.39, 0.29) is 18.5 Å². The van der Waals surface area contributed by atoms with Crippen molar-refractivity contribution in [1.29, 1.82) is 0 Å². The van der Waals surface area contributed by atoms with Crippen molar-refractivity contribution in [2.45, 2.75) is 26.8 Å². The van der Waals surface area contributed by atoms with Crippen LogP contribution in [0.1, 0.15) is 29.7 Å². The first-order valence-corrected chi connectivity index (χ1v) is 8.24. The Morgan fingerprint density at radius 1 is 1.35 bits per heavy atom. The van der Waals surface area contributed by atoms with Gasteiger partial charge in [0.1, 0.15) is 0 Å². The first kappa shape index (κ1) is 16.7. The Labute approximate surface area is 121 Å².